The van der Waals surface area contributed by atoms with Gasteiger partial charge < -0.3 is 15.5 Å². The van der Waals surface area contributed by atoms with Gasteiger partial charge in [-0.25, -0.2) is 4.79 Å². The van der Waals surface area contributed by atoms with E-state index in [1.165, 1.54) is 0 Å². The zero-order valence-corrected chi connectivity index (χ0v) is 11.3. The molecule has 0 fully saturated rings. The molecule has 0 aromatic carbocycles. The molecule has 0 radical (unpaired) electrons. The van der Waals surface area contributed by atoms with Crippen molar-refractivity contribution >= 4 is 11.9 Å². The molecule has 3 N–H and O–H groups in total. The van der Waals surface area contributed by atoms with Crippen molar-refractivity contribution in [1.82, 2.24) is 15.1 Å². The number of hydrogen-bond donors (Lipinski definition) is 3. The first-order valence-electron chi connectivity index (χ1n) is 5.99. The molecular weight excluding hydrogens is 250 g/mol. The molecule has 0 aliphatic carbocycles. The maximum absolute atomic E-state index is 11.7. The fourth-order valence-electron chi connectivity index (χ4n) is 1.77. The van der Waals surface area contributed by atoms with E-state index < -0.39 is 12.1 Å². The van der Waals surface area contributed by atoms with Crippen molar-refractivity contribution in [3.63, 3.8) is 0 Å². The van der Waals surface area contributed by atoms with E-state index in [0.29, 0.717) is 0 Å². The van der Waals surface area contributed by atoms with Gasteiger partial charge in [-0.2, -0.15) is 5.10 Å². The summed E-state index contributed by atoms with van der Waals surface area (Å²) < 4.78 is 1.71. The highest BCUT2D eigenvalue weighted by Crippen LogP contribution is 2.12. The van der Waals surface area contributed by atoms with Gasteiger partial charge in [0.1, 0.15) is 0 Å². The number of carboxylic acids is 1. The molecule has 1 rings (SSSR count). The molecule has 0 saturated heterocycles. The fourth-order valence-corrected chi connectivity index (χ4v) is 1.77. The molecule has 1 aromatic rings. The predicted molar refractivity (Wildman–Crippen MR) is 67.7 cm³/mol. The summed E-state index contributed by atoms with van der Waals surface area (Å²) in [7, 11) is 1.81. The predicted octanol–water partition coefficient (Wildman–Crippen LogP) is -0.469. The molecule has 0 aliphatic rings. The summed E-state index contributed by atoms with van der Waals surface area (Å²) in [6.45, 7) is 3.85. The average Bonchev–Trinajstić information content (AvgIpc) is 2.55. The highest BCUT2D eigenvalue weighted by atomic mass is 16.4. The lowest BCUT2D eigenvalue weighted by molar-refractivity contribution is -0.147. The normalized spacial score (nSPS) is 12.2. The van der Waals surface area contributed by atoms with E-state index in [0.717, 1.165) is 17.0 Å². The molecule has 1 amide bonds. The summed E-state index contributed by atoms with van der Waals surface area (Å²) in [5.74, 6) is -1.50. The van der Waals surface area contributed by atoms with Crippen LogP contribution in [0, 0.1) is 13.8 Å². The van der Waals surface area contributed by atoms with Crippen LogP contribution in [-0.2, 0) is 23.1 Å². The summed E-state index contributed by atoms with van der Waals surface area (Å²) in [4.78, 5) is 22.1. The van der Waals surface area contributed by atoms with E-state index >= 15 is 0 Å². The van der Waals surface area contributed by atoms with Gasteiger partial charge >= 0.3 is 5.97 Å². The van der Waals surface area contributed by atoms with Gasteiger partial charge in [0, 0.05) is 31.3 Å². The van der Waals surface area contributed by atoms with E-state index in [1.807, 2.05) is 20.9 Å². The Morgan fingerprint density at radius 1 is 1.42 bits per heavy atom. The van der Waals surface area contributed by atoms with Gasteiger partial charge in [0.25, 0.3) is 0 Å². The minimum atomic E-state index is -1.44. The van der Waals surface area contributed by atoms with E-state index in [9.17, 15) is 9.59 Å². The topological polar surface area (TPSA) is 104 Å². The lowest BCUT2D eigenvalue weighted by atomic mass is 10.1. The highest BCUT2D eigenvalue weighted by Gasteiger charge is 2.15. The maximum Gasteiger partial charge on any atom is 0.332 e. The lowest BCUT2D eigenvalue weighted by Crippen LogP contribution is -2.31. The van der Waals surface area contributed by atoms with Crippen LogP contribution in [0.15, 0.2) is 0 Å². The van der Waals surface area contributed by atoms with Crippen molar-refractivity contribution in [2.75, 3.05) is 6.54 Å². The third kappa shape index (κ3) is 4.06. The zero-order valence-electron chi connectivity index (χ0n) is 11.3. The molecule has 106 valence electrons. The molecule has 19 heavy (non-hydrogen) atoms. The largest absolute Gasteiger partial charge is 0.479 e. The minimum absolute atomic E-state index is 0.00786. The number of nitrogens with one attached hydrogen (secondary N) is 1. The van der Waals surface area contributed by atoms with Crippen molar-refractivity contribution < 1.29 is 19.8 Å². The molecule has 0 saturated carbocycles. The SMILES string of the molecule is Cc1nn(C)c(C)c1CC(=O)NCCC(O)C(=O)O. The van der Waals surface area contributed by atoms with Crippen molar-refractivity contribution in [3.8, 4) is 0 Å². The third-order valence-electron chi connectivity index (χ3n) is 3.02. The Balaban J connectivity index is 2.46. The second-order valence-corrected chi connectivity index (χ2v) is 4.44. The first-order chi connectivity index (χ1) is 8.82. The summed E-state index contributed by atoms with van der Waals surface area (Å²) in [5, 5.41) is 24.3. The molecule has 1 atom stereocenters. The fraction of sp³-hybridized carbons (Fsp3) is 0.583. The summed E-state index contributed by atoms with van der Waals surface area (Å²) >= 11 is 0. The van der Waals surface area contributed by atoms with Crippen molar-refractivity contribution in [2.45, 2.75) is 32.8 Å². The highest BCUT2D eigenvalue weighted by molar-refractivity contribution is 5.79. The van der Waals surface area contributed by atoms with Crippen LogP contribution in [-0.4, -0.2) is 44.5 Å². The number of rotatable bonds is 6. The number of aromatic nitrogens is 2. The number of hydrogen-bond acceptors (Lipinski definition) is 4. The number of carbonyl (C=O) groups excluding carboxylic acids is 1. The molecule has 0 bridgehead atoms. The number of aliphatic carboxylic acids is 1. The van der Waals surface area contributed by atoms with E-state index in [4.69, 9.17) is 10.2 Å². The summed E-state index contributed by atoms with van der Waals surface area (Å²) in [5.41, 5.74) is 2.61. The number of aliphatic hydroxyl groups is 1. The quantitative estimate of drug-likeness (QED) is 0.647. The van der Waals surface area contributed by atoms with Crippen LogP contribution in [0.25, 0.3) is 0 Å². The molecule has 0 spiro atoms. The molecule has 1 heterocycles. The van der Waals surface area contributed by atoms with Crippen LogP contribution < -0.4 is 5.32 Å². The standard InChI is InChI=1S/C12H19N3O4/c1-7-9(8(2)15(3)14-7)6-11(17)13-5-4-10(16)12(18)19/h10,16H,4-6H2,1-3H3,(H,13,17)(H,18,19). The van der Waals surface area contributed by atoms with Crippen LogP contribution >= 0.6 is 0 Å². The summed E-state index contributed by atoms with van der Waals surface area (Å²) in [6.07, 6.45) is -1.25. The van der Waals surface area contributed by atoms with Gasteiger partial charge in [-0.05, 0) is 13.8 Å². The lowest BCUT2D eigenvalue weighted by Gasteiger charge is -2.07. The first-order valence-corrected chi connectivity index (χ1v) is 5.99. The van der Waals surface area contributed by atoms with Crippen molar-refractivity contribution in [2.24, 2.45) is 7.05 Å². The van der Waals surface area contributed by atoms with Gasteiger partial charge in [-0.3, -0.25) is 9.48 Å². The molecule has 0 aliphatic heterocycles. The summed E-state index contributed by atoms with van der Waals surface area (Å²) in [6, 6.07) is 0. The molecule has 1 unspecified atom stereocenters. The Bertz CT molecular complexity index is 482. The van der Waals surface area contributed by atoms with Crippen LogP contribution in [0.2, 0.25) is 0 Å². The van der Waals surface area contributed by atoms with Crippen LogP contribution in [0.3, 0.4) is 0 Å². The number of amides is 1. The monoisotopic (exact) mass is 269 g/mol. The van der Waals surface area contributed by atoms with Gasteiger partial charge in [0.2, 0.25) is 5.91 Å². The second-order valence-electron chi connectivity index (χ2n) is 4.44. The van der Waals surface area contributed by atoms with Gasteiger partial charge in [0.05, 0.1) is 12.1 Å². The van der Waals surface area contributed by atoms with Gasteiger partial charge in [-0.15, -0.1) is 0 Å². The Morgan fingerprint density at radius 2 is 2.05 bits per heavy atom. The smallest absolute Gasteiger partial charge is 0.332 e. The maximum atomic E-state index is 11.7. The van der Waals surface area contributed by atoms with Crippen LogP contribution in [0.4, 0.5) is 0 Å². The Morgan fingerprint density at radius 3 is 2.53 bits per heavy atom. The van der Waals surface area contributed by atoms with Crippen LogP contribution in [0.5, 0.6) is 0 Å². The van der Waals surface area contributed by atoms with E-state index in [-0.39, 0.29) is 25.3 Å². The van der Waals surface area contributed by atoms with Crippen molar-refractivity contribution in [3.05, 3.63) is 17.0 Å². The number of aliphatic hydroxyl groups excluding tert-OH is 1. The molecule has 7 nitrogen and oxygen atoms in total. The van der Waals surface area contributed by atoms with Crippen molar-refractivity contribution in [1.29, 1.82) is 0 Å². The molecular formula is C12H19N3O4. The Kier molecular flexibility index (Phi) is 5.05. The minimum Gasteiger partial charge on any atom is -0.479 e. The number of carboxylic acid groups (broad SMARTS) is 1. The van der Waals surface area contributed by atoms with E-state index in [1.54, 1.807) is 4.68 Å². The number of aryl methyl sites for hydroxylation is 2. The third-order valence-corrected chi connectivity index (χ3v) is 3.02. The van der Waals surface area contributed by atoms with Gasteiger partial charge in [-0.1, -0.05) is 0 Å². The average molecular weight is 269 g/mol. The number of carbonyl (C=O) groups is 2. The Hall–Kier alpha value is -1.89. The first kappa shape index (κ1) is 15.2. The van der Waals surface area contributed by atoms with Gasteiger partial charge in [0.15, 0.2) is 6.10 Å². The second kappa shape index (κ2) is 6.33. The Labute approximate surface area is 111 Å². The number of nitrogens with zero attached hydrogens (tertiary/aromatic N) is 2. The zero-order chi connectivity index (χ0) is 14.6. The van der Waals surface area contributed by atoms with Crippen LogP contribution in [0.1, 0.15) is 23.4 Å². The molecule has 1 aromatic heterocycles. The molecule has 7 heteroatoms. The van der Waals surface area contributed by atoms with E-state index in [2.05, 4.69) is 10.4 Å².